The van der Waals surface area contributed by atoms with E-state index < -0.39 is 10.0 Å². The highest BCUT2D eigenvalue weighted by atomic mass is 32.2. The first-order chi connectivity index (χ1) is 13.7. The van der Waals surface area contributed by atoms with E-state index in [4.69, 9.17) is 0 Å². The van der Waals surface area contributed by atoms with Crippen molar-refractivity contribution in [1.82, 2.24) is 9.62 Å². The lowest BCUT2D eigenvalue weighted by molar-refractivity contribution is -0.117. The van der Waals surface area contributed by atoms with Crippen molar-refractivity contribution in [3.05, 3.63) is 59.7 Å². The number of rotatable bonds is 6. The third-order valence-electron chi connectivity index (χ3n) is 5.00. The van der Waals surface area contributed by atoms with Crippen molar-refractivity contribution >= 4 is 27.5 Å². The molecule has 2 amide bonds. The normalized spacial score (nSPS) is 15.6. The molecule has 29 heavy (non-hydrogen) atoms. The highest BCUT2D eigenvalue weighted by Gasteiger charge is 2.23. The summed E-state index contributed by atoms with van der Waals surface area (Å²) in [7, 11) is -0.525. The number of benzene rings is 2. The van der Waals surface area contributed by atoms with Crippen molar-refractivity contribution in [3.8, 4) is 0 Å². The summed E-state index contributed by atoms with van der Waals surface area (Å²) in [4.78, 5) is 26.5. The van der Waals surface area contributed by atoms with Crippen molar-refractivity contribution in [2.24, 2.45) is 0 Å². The van der Waals surface area contributed by atoms with Gasteiger partial charge >= 0.3 is 0 Å². The zero-order chi connectivity index (χ0) is 21.2. The van der Waals surface area contributed by atoms with E-state index in [-0.39, 0.29) is 22.8 Å². The Morgan fingerprint density at radius 3 is 2.41 bits per heavy atom. The first kappa shape index (κ1) is 21.0. The van der Waals surface area contributed by atoms with Crippen LogP contribution in [0.2, 0.25) is 0 Å². The molecule has 0 aromatic heterocycles. The molecule has 2 aromatic rings. The molecule has 1 heterocycles. The van der Waals surface area contributed by atoms with E-state index in [2.05, 4.69) is 5.32 Å². The number of amides is 2. The molecule has 1 N–H and O–H groups in total. The summed E-state index contributed by atoms with van der Waals surface area (Å²) in [6.45, 7) is 2.50. The Labute approximate surface area is 171 Å². The Kier molecular flexibility index (Phi) is 6.04. The second-order valence-electron chi connectivity index (χ2n) is 7.25. The van der Waals surface area contributed by atoms with Crippen molar-refractivity contribution in [2.45, 2.75) is 30.7 Å². The van der Waals surface area contributed by atoms with Crippen LogP contribution in [-0.4, -0.2) is 45.2 Å². The van der Waals surface area contributed by atoms with E-state index in [0.29, 0.717) is 18.5 Å². The number of sulfonamides is 1. The maximum Gasteiger partial charge on any atom is 0.251 e. The van der Waals surface area contributed by atoms with Gasteiger partial charge in [-0.2, -0.15) is 0 Å². The molecule has 2 aromatic carbocycles. The number of hydrogen-bond donors (Lipinski definition) is 1. The fourth-order valence-corrected chi connectivity index (χ4v) is 4.14. The van der Waals surface area contributed by atoms with Crippen LogP contribution in [-0.2, 0) is 14.8 Å². The molecule has 8 heteroatoms. The highest BCUT2D eigenvalue weighted by molar-refractivity contribution is 7.89. The van der Waals surface area contributed by atoms with E-state index in [0.717, 1.165) is 22.0 Å². The van der Waals surface area contributed by atoms with Crippen molar-refractivity contribution in [3.63, 3.8) is 0 Å². The van der Waals surface area contributed by atoms with E-state index in [1.807, 2.05) is 13.0 Å². The Morgan fingerprint density at radius 2 is 1.83 bits per heavy atom. The number of anilines is 1. The smallest absolute Gasteiger partial charge is 0.251 e. The largest absolute Gasteiger partial charge is 0.346 e. The van der Waals surface area contributed by atoms with Gasteiger partial charge in [0.05, 0.1) is 10.9 Å². The lowest BCUT2D eigenvalue weighted by atomic mass is 10.1. The minimum Gasteiger partial charge on any atom is -0.346 e. The van der Waals surface area contributed by atoms with Crippen LogP contribution in [0.5, 0.6) is 0 Å². The first-order valence-electron chi connectivity index (χ1n) is 9.44. The molecular formula is C21H25N3O4S. The summed E-state index contributed by atoms with van der Waals surface area (Å²) >= 11 is 0. The average molecular weight is 416 g/mol. The number of carbonyl (C=O) groups excluding carboxylic acids is 2. The quantitative estimate of drug-likeness (QED) is 0.786. The monoisotopic (exact) mass is 415 g/mol. The number of nitrogens with zero attached hydrogens (tertiary/aromatic N) is 2. The fourth-order valence-electron chi connectivity index (χ4n) is 3.24. The van der Waals surface area contributed by atoms with Crippen LogP contribution in [0.25, 0.3) is 0 Å². The number of carbonyl (C=O) groups is 2. The van der Waals surface area contributed by atoms with Crippen LogP contribution in [0, 0.1) is 0 Å². The predicted molar refractivity (Wildman–Crippen MR) is 111 cm³/mol. The molecule has 0 aliphatic carbocycles. The molecule has 1 aliphatic rings. The molecule has 7 nitrogen and oxygen atoms in total. The van der Waals surface area contributed by atoms with Gasteiger partial charge in [0.2, 0.25) is 15.9 Å². The van der Waals surface area contributed by atoms with Gasteiger partial charge in [0, 0.05) is 38.3 Å². The molecule has 0 radical (unpaired) electrons. The summed E-state index contributed by atoms with van der Waals surface area (Å²) in [5, 5.41) is 2.92. The van der Waals surface area contributed by atoms with Gasteiger partial charge in [-0.25, -0.2) is 12.7 Å². The summed E-state index contributed by atoms with van der Waals surface area (Å²) in [5.41, 5.74) is 1.99. The SMILES string of the molecule is CC(NC(=O)c1cccc(N2CCCC2=O)c1)c1ccc(S(=O)(=O)N(C)C)cc1. The zero-order valence-electron chi connectivity index (χ0n) is 16.8. The van der Waals surface area contributed by atoms with Gasteiger partial charge in [0.15, 0.2) is 0 Å². The summed E-state index contributed by atoms with van der Waals surface area (Å²) in [6.07, 6.45) is 1.36. The van der Waals surface area contributed by atoms with Crippen LogP contribution < -0.4 is 10.2 Å². The van der Waals surface area contributed by atoms with Gasteiger partial charge in [-0.15, -0.1) is 0 Å². The molecule has 0 bridgehead atoms. The highest BCUT2D eigenvalue weighted by Crippen LogP contribution is 2.23. The molecule has 0 spiro atoms. The third-order valence-corrected chi connectivity index (χ3v) is 6.83. The Balaban J connectivity index is 1.72. The topological polar surface area (TPSA) is 86.8 Å². The van der Waals surface area contributed by atoms with E-state index in [1.165, 1.54) is 26.2 Å². The van der Waals surface area contributed by atoms with E-state index in [1.54, 1.807) is 35.2 Å². The first-order valence-corrected chi connectivity index (χ1v) is 10.9. The van der Waals surface area contributed by atoms with Crippen LogP contribution in [0.3, 0.4) is 0 Å². The molecule has 0 saturated carbocycles. The molecule has 1 saturated heterocycles. The van der Waals surface area contributed by atoms with Crippen molar-refractivity contribution in [2.75, 3.05) is 25.5 Å². The van der Waals surface area contributed by atoms with Gasteiger partial charge in [0.1, 0.15) is 0 Å². The Morgan fingerprint density at radius 1 is 1.14 bits per heavy atom. The van der Waals surface area contributed by atoms with Gasteiger partial charge in [-0.05, 0) is 49.2 Å². The van der Waals surface area contributed by atoms with Crippen molar-refractivity contribution in [1.29, 1.82) is 0 Å². The van der Waals surface area contributed by atoms with E-state index in [9.17, 15) is 18.0 Å². The van der Waals surface area contributed by atoms with E-state index >= 15 is 0 Å². The minimum atomic E-state index is -3.49. The van der Waals surface area contributed by atoms with Crippen LogP contribution in [0.4, 0.5) is 5.69 Å². The van der Waals surface area contributed by atoms with Gasteiger partial charge in [-0.3, -0.25) is 9.59 Å². The molecule has 3 rings (SSSR count). The summed E-state index contributed by atoms with van der Waals surface area (Å²) < 4.78 is 25.5. The minimum absolute atomic E-state index is 0.0729. The van der Waals surface area contributed by atoms with Crippen LogP contribution in [0.1, 0.15) is 41.7 Å². The molecule has 1 unspecified atom stereocenters. The number of hydrogen-bond acceptors (Lipinski definition) is 4. The van der Waals surface area contributed by atoms with Crippen molar-refractivity contribution < 1.29 is 18.0 Å². The summed E-state index contributed by atoms with van der Waals surface area (Å²) in [5.74, 6) is -0.181. The average Bonchev–Trinajstić information content (AvgIpc) is 3.14. The second-order valence-corrected chi connectivity index (χ2v) is 9.40. The van der Waals surface area contributed by atoms with Gasteiger partial charge in [0.25, 0.3) is 5.91 Å². The Hall–Kier alpha value is -2.71. The third kappa shape index (κ3) is 4.49. The van der Waals surface area contributed by atoms with Gasteiger partial charge in [-0.1, -0.05) is 18.2 Å². The van der Waals surface area contributed by atoms with Crippen LogP contribution in [0.15, 0.2) is 53.4 Å². The zero-order valence-corrected chi connectivity index (χ0v) is 17.6. The maximum absolute atomic E-state index is 12.7. The molecular weight excluding hydrogens is 390 g/mol. The lowest BCUT2D eigenvalue weighted by Crippen LogP contribution is -2.28. The fraction of sp³-hybridized carbons (Fsp3) is 0.333. The molecule has 154 valence electrons. The molecule has 1 aliphatic heterocycles. The predicted octanol–water partition coefficient (Wildman–Crippen LogP) is 2.55. The van der Waals surface area contributed by atoms with Crippen LogP contribution >= 0.6 is 0 Å². The van der Waals surface area contributed by atoms with Gasteiger partial charge < -0.3 is 10.2 Å². The maximum atomic E-state index is 12.7. The second kappa shape index (κ2) is 8.34. The lowest BCUT2D eigenvalue weighted by Gasteiger charge is -2.18. The number of nitrogens with one attached hydrogen (secondary N) is 1. The molecule has 1 atom stereocenters. The summed E-state index contributed by atoms with van der Waals surface area (Å²) in [6, 6.07) is 13.2. The Bertz CT molecular complexity index is 1020. The standard InChI is InChI=1S/C21H25N3O4S/c1-15(16-9-11-19(12-10-16)29(27,28)23(2)3)22-21(26)17-6-4-7-18(14-17)24-13-5-8-20(24)25/h4,6-7,9-12,14-15H,5,8,13H2,1-3H3,(H,22,26). The molecule has 1 fully saturated rings.